The number of amides is 1. The Balaban J connectivity index is 2.61. The Labute approximate surface area is 116 Å². The number of hydrogen-bond donors (Lipinski definition) is 2. The molecule has 0 aromatic heterocycles. The zero-order valence-corrected chi connectivity index (χ0v) is 11.8. The van der Waals surface area contributed by atoms with E-state index in [1.807, 2.05) is 0 Å². The Morgan fingerprint density at radius 3 is 2.89 bits per heavy atom. The van der Waals surface area contributed by atoms with Gasteiger partial charge in [-0.15, -0.1) is 11.8 Å². The molecule has 0 fully saturated rings. The lowest BCUT2D eigenvalue weighted by atomic mass is 10.3. The van der Waals surface area contributed by atoms with Crippen LogP contribution in [0.5, 0.6) is 5.75 Å². The number of aliphatic hydroxyl groups excluding tert-OH is 1. The monoisotopic (exact) mass is 289 g/mol. The average molecular weight is 290 g/mol. The number of rotatable bonds is 6. The van der Waals surface area contributed by atoms with Crippen molar-refractivity contribution in [3.05, 3.63) is 23.2 Å². The van der Waals surface area contributed by atoms with Crippen LogP contribution in [0, 0.1) is 0 Å². The number of anilines is 1. The quantitative estimate of drug-likeness (QED) is 0.844. The first-order chi connectivity index (χ1) is 8.58. The normalized spacial score (nSPS) is 12.0. The number of carbonyl (C=O) groups is 1. The molecule has 0 aliphatic carbocycles. The van der Waals surface area contributed by atoms with E-state index >= 15 is 0 Å². The zero-order chi connectivity index (χ0) is 13.5. The third kappa shape index (κ3) is 4.40. The molecule has 1 aromatic rings. The molecule has 0 radical (unpaired) electrons. The van der Waals surface area contributed by atoms with Crippen molar-refractivity contribution < 1.29 is 14.6 Å². The summed E-state index contributed by atoms with van der Waals surface area (Å²) in [7, 11) is 1.53. The fourth-order valence-electron chi connectivity index (χ4n) is 1.29. The molecule has 100 valence electrons. The van der Waals surface area contributed by atoms with E-state index in [1.54, 1.807) is 25.1 Å². The molecule has 18 heavy (non-hydrogen) atoms. The van der Waals surface area contributed by atoms with Crippen molar-refractivity contribution in [1.29, 1.82) is 0 Å². The van der Waals surface area contributed by atoms with Crippen LogP contribution in [0.1, 0.15) is 6.92 Å². The first kappa shape index (κ1) is 15.1. The topological polar surface area (TPSA) is 58.6 Å². The van der Waals surface area contributed by atoms with E-state index in [0.717, 1.165) is 0 Å². The number of nitrogens with one attached hydrogen (secondary N) is 1. The summed E-state index contributed by atoms with van der Waals surface area (Å²) in [6.07, 6.45) is 0. The van der Waals surface area contributed by atoms with Crippen LogP contribution in [-0.2, 0) is 4.79 Å². The summed E-state index contributed by atoms with van der Waals surface area (Å²) < 4.78 is 5.03. The van der Waals surface area contributed by atoms with Crippen molar-refractivity contribution in [1.82, 2.24) is 0 Å². The summed E-state index contributed by atoms with van der Waals surface area (Å²) in [4.78, 5) is 11.8. The van der Waals surface area contributed by atoms with Crippen molar-refractivity contribution in [2.75, 3.05) is 24.8 Å². The maximum Gasteiger partial charge on any atom is 0.237 e. The smallest absolute Gasteiger partial charge is 0.237 e. The summed E-state index contributed by atoms with van der Waals surface area (Å²) in [5.41, 5.74) is 0.627. The number of methoxy groups -OCH3 is 1. The van der Waals surface area contributed by atoms with E-state index < -0.39 is 0 Å². The third-order valence-corrected chi connectivity index (χ3v) is 3.68. The van der Waals surface area contributed by atoms with Crippen molar-refractivity contribution in [2.45, 2.75) is 12.2 Å². The van der Waals surface area contributed by atoms with E-state index in [4.69, 9.17) is 21.4 Å². The van der Waals surface area contributed by atoms with Gasteiger partial charge in [-0.05, 0) is 25.1 Å². The van der Waals surface area contributed by atoms with Crippen LogP contribution in [0.2, 0.25) is 5.02 Å². The number of thioether (sulfide) groups is 1. The summed E-state index contributed by atoms with van der Waals surface area (Å²) >= 11 is 7.36. The molecule has 0 aliphatic rings. The summed E-state index contributed by atoms with van der Waals surface area (Å²) in [6.45, 7) is 1.86. The predicted molar refractivity (Wildman–Crippen MR) is 75.6 cm³/mol. The molecule has 6 heteroatoms. The number of halogens is 1. The zero-order valence-electron chi connectivity index (χ0n) is 10.3. The highest BCUT2D eigenvalue weighted by Gasteiger charge is 2.13. The van der Waals surface area contributed by atoms with E-state index in [1.165, 1.54) is 18.9 Å². The lowest BCUT2D eigenvalue weighted by molar-refractivity contribution is -0.115. The minimum absolute atomic E-state index is 0.0661. The molecule has 1 rings (SSSR count). The SMILES string of the molecule is COc1ccc(NC(=O)[C@H](C)SCCO)cc1Cl. The number of ether oxygens (including phenoxy) is 1. The minimum Gasteiger partial charge on any atom is -0.495 e. The highest BCUT2D eigenvalue weighted by atomic mass is 35.5. The molecule has 1 atom stereocenters. The molecule has 1 amide bonds. The number of aliphatic hydroxyl groups is 1. The van der Waals surface area contributed by atoms with Crippen molar-refractivity contribution >= 4 is 35.0 Å². The molecule has 0 aliphatic heterocycles. The van der Waals surface area contributed by atoms with Crippen molar-refractivity contribution in [3.8, 4) is 5.75 Å². The van der Waals surface area contributed by atoms with E-state index in [9.17, 15) is 4.79 Å². The summed E-state index contributed by atoms with van der Waals surface area (Å²) in [5.74, 6) is 0.991. The van der Waals surface area contributed by atoms with Crippen LogP contribution >= 0.6 is 23.4 Å². The maximum absolute atomic E-state index is 11.8. The van der Waals surface area contributed by atoms with Gasteiger partial charge < -0.3 is 15.2 Å². The van der Waals surface area contributed by atoms with Crippen LogP contribution in [0.4, 0.5) is 5.69 Å². The predicted octanol–water partition coefficient (Wildman–Crippen LogP) is 2.40. The minimum atomic E-state index is -0.224. The highest BCUT2D eigenvalue weighted by molar-refractivity contribution is 8.00. The molecule has 0 unspecified atom stereocenters. The second-order valence-electron chi connectivity index (χ2n) is 3.58. The van der Waals surface area contributed by atoms with Crippen LogP contribution < -0.4 is 10.1 Å². The molecular formula is C12H16ClNO3S. The Morgan fingerprint density at radius 1 is 1.61 bits per heavy atom. The van der Waals surface area contributed by atoms with Crippen LogP contribution in [0.15, 0.2) is 18.2 Å². The lowest BCUT2D eigenvalue weighted by Gasteiger charge is -2.12. The Morgan fingerprint density at radius 2 is 2.33 bits per heavy atom. The second-order valence-corrected chi connectivity index (χ2v) is 5.43. The van der Waals surface area contributed by atoms with Gasteiger partial charge in [0.2, 0.25) is 5.91 Å². The number of hydrogen-bond acceptors (Lipinski definition) is 4. The Hall–Kier alpha value is -0.910. The molecule has 1 aromatic carbocycles. The standard InChI is InChI=1S/C12H16ClNO3S/c1-8(18-6-5-15)12(16)14-9-3-4-11(17-2)10(13)7-9/h3-4,7-8,15H,5-6H2,1-2H3,(H,14,16)/t8-/m0/s1. The molecule has 0 saturated heterocycles. The van der Waals surface area contributed by atoms with Gasteiger partial charge in [-0.1, -0.05) is 11.6 Å². The van der Waals surface area contributed by atoms with Gasteiger partial charge >= 0.3 is 0 Å². The van der Waals surface area contributed by atoms with E-state index in [-0.39, 0.29) is 17.8 Å². The van der Waals surface area contributed by atoms with Crippen LogP contribution in [-0.4, -0.2) is 35.7 Å². The van der Waals surface area contributed by atoms with Gasteiger partial charge in [-0.2, -0.15) is 0 Å². The fraction of sp³-hybridized carbons (Fsp3) is 0.417. The van der Waals surface area contributed by atoms with Crippen molar-refractivity contribution in [2.24, 2.45) is 0 Å². The summed E-state index contributed by atoms with van der Waals surface area (Å²) in [5, 5.41) is 11.7. The molecular weight excluding hydrogens is 274 g/mol. The molecule has 0 bridgehead atoms. The van der Waals surface area contributed by atoms with Gasteiger partial charge in [-0.25, -0.2) is 0 Å². The van der Waals surface area contributed by atoms with Gasteiger partial charge in [0.25, 0.3) is 0 Å². The highest BCUT2D eigenvalue weighted by Crippen LogP contribution is 2.27. The lowest BCUT2D eigenvalue weighted by Crippen LogP contribution is -2.23. The maximum atomic E-state index is 11.8. The van der Waals surface area contributed by atoms with Gasteiger partial charge in [-0.3, -0.25) is 4.79 Å². The second kappa shape index (κ2) is 7.51. The first-order valence-electron chi connectivity index (χ1n) is 5.45. The van der Waals surface area contributed by atoms with Gasteiger partial charge in [0.15, 0.2) is 0 Å². The average Bonchev–Trinajstić information content (AvgIpc) is 2.36. The molecule has 2 N–H and O–H groups in total. The molecule has 0 saturated carbocycles. The number of benzene rings is 1. The van der Waals surface area contributed by atoms with Crippen LogP contribution in [0.3, 0.4) is 0 Å². The summed E-state index contributed by atoms with van der Waals surface area (Å²) in [6, 6.07) is 5.07. The third-order valence-electron chi connectivity index (χ3n) is 2.25. The van der Waals surface area contributed by atoms with E-state index in [2.05, 4.69) is 5.32 Å². The van der Waals surface area contributed by atoms with Crippen molar-refractivity contribution in [3.63, 3.8) is 0 Å². The molecule has 4 nitrogen and oxygen atoms in total. The first-order valence-corrected chi connectivity index (χ1v) is 6.88. The Bertz CT molecular complexity index is 414. The fourth-order valence-corrected chi connectivity index (χ4v) is 2.22. The number of carbonyl (C=O) groups excluding carboxylic acids is 1. The largest absolute Gasteiger partial charge is 0.495 e. The Kier molecular flexibility index (Phi) is 6.32. The van der Waals surface area contributed by atoms with Gasteiger partial charge in [0.1, 0.15) is 5.75 Å². The van der Waals surface area contributed by atoms with Crippen LogP contribution in [0.25, 0.3) is 0 Å². The molecule has 0 heterocycles. The van der Waals surface area contributed by atoms with E-state index in [0.29, 0.717) is 22.2 Å². The van der Waals surface area contributed by atoms with Gasteiger partial charge in [0, 0.05) is 11.4 Å². The molecule has 0 spiro atoms. The van der Waals surface area contributed by atoms with Gasteiger partial charge in [0.05, 0.1) is 24.0 Å².